The van der Waals surface area contributed by atoms with E-state index in [4.69, 9.17) is 4.42 Å². The summed E-state index contributed by atoms with van der Waals surface area (Å²) >= 11 is 0. The summed E-state index contributed by atoms with van der Waals surface area (Å²) < 4.78 is 5.50. The van der Waals surface area contributed by atoms with Gasteiger partial charge in [-0.2, -0.15) is 5.10 Å². The topological polar surface area (TPSA) is 37.5 Å². The normalized spacial score (nSPS) is 11.4. The van der Waals surface area contributed by atoms with Crippen molar-refractivity contribution in [1.29, 1.82) is 0 Å². The van der Waals surface area contributed by atoms with E-state index in [2.05, 4.69) is 10.5 Å². The molecule has 0 fully saturated rings. The molecule has 0 spiro atoms. The Morgan fingerprint density at radius 3 is 2.43 bits per heavy atom. The molecule has 1 heterocycles. The van der Waals surface area contributed by atoms with E-state index in [9.17, 15) is 0 Å². The van der Waals surface area contributed by atoms with Crippen LogP contribution in [0.1, 0.15) is 12.5 Å². The van der Waals surface area contributed by atoms with Crippen molar-refractivity contribution in [3.05, 3.63) is 78.6 Å². The lowest BCUT2D eigenvalue weighted by Crippen LogP contribution is -2.01. The molecule has 104 valence electrons. The van der Waals surface area contributed by atoms with Gasteiger partial charge in [0.1, 0.15) is 5.76 Å². The molecule has 2 aromatic carbocycles. The molecule has 0 saturated carbocycles. The molecule has 0 aliphatic heterocycles. The van der Waals surface area contributed by atoms with E-state index in [-0.39, 0.29) is 0 Å². The average molecular weight is 276 g/mol. The van der Waals surface area contributed by atoms with E-state index >= 15 is 0 Å². The van der Waals surface area contributed by atoms with E-state index in [1.54, 1.807) is 6.26 Å². The third-order valence-electron chi connectivity index (χ3n) is 3.23. The molecule has 1 aromatic heterocycles. The van der Waals surface area contributed by atoms with E-state index in [1.165, 1.54) is 0 Å². The Balaban J connectivity index is 1.90. The Bertz CT molecular complexity index is 731. The molecule has 0 radical (unpaired) electrons. The minimum atomic E-state index is 0.847. The zero-order chi connectivity index (χ0) is 14.5. The fourth-order valence-corrected chi connectivity index (χ4v) is 2.17. The largest absolute Gasteiger partial charge is 0.464 e. The van der Waals surface area contributed by atoms with Crippen molar-refractivity contribution in [3.8, 4) is 11.3 Å². The Morgan fingerprint density at radius 2 is 1.67 bits per heavy atom. The van der Waals surface area contributed by atoms with Gasteiger partial charge in [0.15, 0.2) is 0 Å². The maximum atomic E-state index is 5.50. The van der Waals surface area contributed by atoms with Crippen molar-refractivity contribution in [1.82, 2.24) is 0 Å². The first-order valence-electron chi connectivity index (χ1n) is 6.83. The van der Waals surface area contributed by atoms with Gasteiger partial charge >= 0.3 is 0 Å². The van der Waals surface area contributed by atoms with Gasteiger partial charge in [-0.25, -0.2) is 0 Å². The van der Waals surface area contributed by atoms with Crippen molar-refractivity contribution >= 4 is 11.4 Å². The summed E-state index contributed by atoms with van der Waals surface area (Å²) in [5, 5.41) is 4.46. The number of para-hydroxylation sites is 1. The number of benzene rings is 2. The van der Waals surface area contributed by atoms with Gasteiger partial charge in [0.25, 0.3) is 0 Å². The molecule has 0 aliphatic rings. The van der Waals surface area contributed by atoms with E-state index in [1.807, 2.05) is 73.7 Å². The summed E-state index contributed by atoms with van der Waals surface area (Å²) in [6.45, 7) is 1.98. The zero-order valence-electron chi connectivity index (χ0n) is 11.8. The molecule has 0 unspecified atom stereocenters. The zero-order valence-corrected chi connectivity index (χ0v) is 11.8. The van der Waals surface area contributed by atoms with Crippen LogP contribution in [0.15, 0.2) is 82.5 Å². The van der Waals surface area contributed by atoms with Gasteiger partial charge < -0.3 is 4.42 Å². The highest BCUT2D eigenvalue weighted by atomic mass is 16.3. The summed E-state index contributed by atoms with van der Waals surface area (Å²) in [6.07, 6.45) is 1.68. The third kappa shape index (κ3) is 3.03. The number of furan rings is 1. The first-order chi connectivity index (χ1) is 10.3. The number of anilines is 1. The monoisotopic (exact) mass is 276 g/mol. The van der Waals surface area contributed by atoms with Crippen molar-refractivity contribution < 1.29 is 4.42 Å². The second-order valence-corrected chi connectivity index (χ2v) is 4.70. The third-order valence-corrected chi connectivity index (χ3v) is 3.23. The summed E-state index contributed by atoms with van der Waals surface area (Å²) in [5.74, 6) is 0.847. The maximum Gasteiger partial charge on any atom is 0.134 e. The van der Waals surface area contributed by atoms with Crippen LogP contribution < -0.4 is 5.43 Å². The number of hydrazone groups is 1. The lowest BCUT2D eigenvalue weighted by atomic mass is 10.0. The van der Waals surface area contributed by atoms with Crippen LogP contribution in [0.25, 0.3) is 11.3 Å². The smallest absolute Gasteiger partial charge is 0.134 e. The molecule has 0 bridgehead atoms. The van der Waals surface area contributed by atoms with Crippen LogP contribution >= 0.6 is 0 Å². The van der Waals surface area contributed by atoms with E-state index in [0.717, 1.165) is 28.3 Å². The standard InChI is InChI=1S/C18H16N2O/c1-14(19-20-15-8-3-2-4-9-15)16-10-5-6-11-17(16)18-12-7-13-21-18/h2-13,20H,1H3. The molecule has 0 saturated heterocycles. The summed E-state index contributed by atoms with van der Waals surface area (Å²) in [7, 11) is 0. The number of hydrogen-bond acceptors (Lipinski definition) is 3. The van der Waals surface area contributed by atoms with Crippen LogP contribution in [0.5, 0.6) is 0 Å². The fourth-order valence-electron chi connectivity index (χ4n) is 2.17. The van der Waals surface area contributed by atoms with E-state index < -0.39 is 0 Å². The number of rotatable bonds is 4. The minimum Gasteiger partial charge on any atom is -0.464 e. The first-order valence-corrected chi connectivity index (χ1v) is 6.83. The second kappa shape index (κ2) is 6.09. The molecule has 3 heteroatoms. The average Bonchev–Trinajstić information content (AvgIpc) is 3.08. The number of hydrogen-bond donors (Lipinski definition) is 1. The highest BCUT2D eigenvalue weighted by Crippen LogP contribution is 2.24. The molecule has 21 heavy (non-hydrogen) atoms. The van der Waals surface area contributed by atoms with Crippen LogP contribution in [0.2, 0.25) is 0 Å². The Hall–Kier alpha value is -2.81. The predicted octanol–water partition coefficient (Wildman–Crippen LogP) is 4.78. The van der Waals surface area contributed by atoms with Crippen LogP contribution in [-0.4, -0.2) is 5.71 Å². The van der Waals surface area contributed by atoms with Crippen molar-refractivity contribution in [2.24, 2.45) is 5.10 Å². The fraction of sp³-hybridized carbons (Fsp3) is 0.0556. The van der Waals surface area contributed by atoms with Crippen molar-refractivity contribution in [3.63, 3.8) is 0 Å². The van der Waals surface area contributed by atoms with Crippen molar-refractivity contribution in [2.75, 3.05) is 5.43 Å². The van der Waals surface area contributed by atoms with Gasteiger partial charge in [0.2, 0.25) is 0 Å². The predicted molar refractivity (Wildman–Crippen MR) is 86.4 cm³/mol. The quantitative estimate of drug-likeness (QED) is 0.550. The highest BCUT2D eigenvalue weighted by molar-refractivity contribution is 6.04. The Kier molecular flexibility index (Phi) is 3.83. The van der Waals surface area contributed by atoms with Gasteiger partial charge in [-0.3, -0.25) is 5.43 Å². The summed E-state index contributed by atoms with van der Waals surface area (Å²) in [4.78, 5) is 0. The minimum absolute atomic E-state index is 0.847. The molecule has 0 amide bonds. The number of nitrogens with zero attached hydrogens (tertiary/aromatic N) is 1. The molecule has 3 nitrogen and oxygen atoms in total. The summed E-state index contributed by atoms with van der Waals surface area (Å²) in [5.41, 5.74) is 7.04. The first kappa shape index (κ1) is 13.2. The molecule has 1 N–H and O–H groups in total. The molecule has 3 rings (SSSR count). The molecule has 0 aliphatic carbocycles. The van der Waals surface area contributed by atoms with Gasteiger partial charge in [-0.1, -0.05) is 42.5 Å². The maximum absolute atomic E-state index is 5.50. The molecular weight excluding hydrogens is 260 g/mol. The Morgan fingerprint density at radius 1 is 0.905 bits per heavy atom. The lowest BCUT2D eigenvalue weighted by molar-refractivity contribution is 0.582. The van der Waals surface area contributed by atoms with Gasteiger partial charge in [0.05, 0.1) is 17.7 Å². The second-order valence-electron chi connectivity index (χ2n) is 4.70. The lowest BCUT2D eigenvalue weighted by Gasteiger charge is -2.08. The Labute approximate surface area is 123 Å². The molecular formula is C18H16N2O. The van der Waals surface area contributed by atoms with Crippen LogP contribution in [0.3, 0.4) is 0 Å². The van der Waals surface area contributed by atoms with Crippen LogP contribution in [-0.2, 0) is 0 Å². The van der Waals surface area contributed by atoms with Crippen LogP contribution in [0.4, 0.5) is 5.69 Å². The summed E-state index contributed by atoms with van der Waals surface area (Å²) in [6, 6.07) is 21.8. The number of nitrogens with one attached hydrogen (secondary N) is 1. The van der Waals surface area contributed by atoms with Gasteiger partial charge in [0, 0.05) is 11.1 Å². The highest BCUT2D eigenvalue weighted by Gasteiger charge is 2.09. The van der Waals surface area contributed by atoms with E-state index in [0.29, 0.717) is 0 Å². The SMILES string of the molecule is CC(=NNc1ccccc1)c1ccccc1-c1ccco1. The van der Waals surface area contributed by atoms with Crippen LogP contribution in [0, 0.1) is 0 Å². The van der Waals surface area contributed by atoms with Crippen molar-refractivity contribution in [2.45, 2.75) is 6.92 Å². The molecule has 3 aromatic rings. The van der Waals surface area contributed by atoms with Gasteiger partial charge in [-0.15, -0.1) is 0 Å². The van der Waals surface area contributed by atoms with Gasteiger partial charge in [-0.05, 0) is 31.2 Å². The molecule has 0 atom stereocenters.